The molecule has 1 N–H and O–H groups in total. The lowest BCUT2D eigenvalue weighted by molar-refractivity contribution is 0.115. The largest absolute Gasteiger partial charge is 0.379 e. The van der Waals surface area contributed by atoms with Crippen LogP contribution >= 0.6 is 24.0 Å². The Labute approximate surface area is 196 Å². The number of ether oxygens (including phenoxy) is 1. The highest BCUT2D eigenvalue weighted by Crippen LogP contribution is 2.28. The average Bonchev–Trinajstić information content (AvgIpc) is 3.44. The van der Waals surface area contributed by atoms with E-state index in [2.05, 4.69) is 46.5 Å². The maximum atomic E-state index is 5.74. The molecule has 1 aliphatic rings. The Morgan fingerprint density at radius 1 is 1.27 bits per heavy atom. The number of nitrogens with one attached hydrogen (secondary N) is 1. The second-order valence-corrected chi connectivity index (χ2v) is 7.49. The molecule has 0 saturated heterocycles. The minimum atomic E-state index is 0. The molecule has 1 aliphatic carbocycles. The predicted octanol–water partition coefficient (Wildman–Crippen LogP) is 3.78. The summed E-state index contributed by atoms with van der Waals surface area (Å²) in [6.45, 7) is 8.18. The van der Waals surface area contributed by atoms with E-state index in [0.717, 1.165) is 69.0 Å². The molecule has 1 aromatic carbocycles. The molecule has 166 valence electrons. The number of guanidine groups is 1. The molecule has 0 atom stereocenters. The summed E-state index contributed by atoms with van der Waals surface area (Å²) in [5, 5.41) is 7.31. The Bertz CT molecular complexity index is 774. The van der Waals surface area contributed by atoms with Gasteiger partial charge in [0.1, 0.15) is 0 Å². The molecule has 0 amide bonds. The van der Waals surface area contributed by atoms with Crippen LogP contribution in [0.5, 0.6) is 0 Å². The number of benzene rings is 1. The summed E-state index contributed by atoms with van der Waals surface area (Å²) in [6, 6.07) is 8.26. The normalized spacial score (nSPS) is 13.8. The van der Waals surface area contributed by atoms with Crippen LogP contribution in [0.1, 0.15) is 38.1 Å². The van der Waals surface area contributed by atoms with Crippen molar-refractivity contribution < 1.29 is 9.26 Å². The van der Waals surface area contributed by atoms with Crippen molar-refractivity contribution in [3.8, 4) is 11.5 Å². The quantitative estimate of drug-likeness (QED) is 0.208. The molecule has 0 spiro atoms. The lowest BCUT2D eigenvalue weighted by Gasteiger charge is -2.22. The lowest BCUT2D eigenvalue weighted by Crippen LogP contribution is -2.40. The third-order valence-electron chi connectivity index (χ3n) is 4.97. The fourth-order valence-corrected chi connectivity index (χ4v) is 2.93. The van der Waals surface area contributed by atoms with Crippen LogP contribution in [0.25, 0.3) is 11.5 Å². The lowest BCUT2D eigenvalue weighted by atomic mass is 10.1. The third kappa shape index (κ3) is 7.86. The first-order chi connectivity index (χ1) is 14.2. The van der Waals surface area contributed by atoms with E-state index in [9.17, 15) is 0 Å². The highest BCUT2D eigenvalue weighted by atomic mass is 127. The molecule has 0 aliphatic heterocycles. The standard InChI is InChI=1S/C22H33N5O2.HI/c1-4-20-25-21(29-26-20)19-10-8-17(9-11-19)12-13-24-22(23-5-2)27(3)14-15-28-16-18-6-7-18;/h8-11,18H,4-7,12-16H2,1-3H3,(H,23,24);1H. The minimum absolute atomic E-state index is 0. The van der Waals surface area contributed by atoms with Crippen molar-refractivity contribution in [2.75, 3.05) is 39.9 Å². The fraction of sp³-hybridized carbons (Fsp3) is 0.591. The summed E-state index contributed by atoms with van der Waals surface area (Å²) in [4.78, 5) is 11.3. The van der Waals surface area contributed by atoms with Gasteiger partial charge in [-0.2, -0.15) is 4.98 Å². The van der Waals surface area contributed by atoms with Crippen LogP contribution in [-0.2, 0) is 17.6 Å². The average molecular weight is 527 g/mol. The highest BCUT2D eigenvalue weighted by Gasteiger charge is 2.21. The number of nitrogens with zero attached hydrogens (tertiary/aromatic N) is 4. The molecule has 7 nitrogen and oxygen atoms in total. The Morgan fingerprint density at radius 3 is 2.67 bits per heavy atom. The minimum Gasteiger partial charge on any atom is -0.379 e. The van der Waals surface area contributed by atoms with Crippen LogP contribution in [0.4, 0.5) is 0 Å². The highest BCUT2D eigenvalue weighted by molar-refractivity contribution is 14.0. The first-order valence-corrected chi connectivity index (χ1v) is 10.7. The number of likely N-dealkylation sites (N-methyl/N-ethyl adjacent to an activating group) is 1. The molecule has 1 fully saturated rings. The first-order valence-electron chi connectivity index (χ1n) is 10.7. The predicted molar refractivity (Wildman–Crippen MR) is 130 cm³/mol. The van der Waals surface area contributed by atoms with Gasteiger partial charge >= 0.3 is 0 Å². The van der Waals surface area contributed by atoms with Gasteiger partial charge < -0.3 is 19.5 Å². The summed E-state index contributed by atoms with van der Waals surface area (Å²) < 4.78 is 11.0. The molecule has 1 saturated carbocycles. The van der Waals surface area contributed by atoms with E-state index in [1.807, 2.05) is 19.1 Å². The molecule has 30 heavy (non-hydrogen) atoms. The number of hydrogen-bond donors (Lipinski definition) is 1. The molecule has 2 aromatic rings. The van der Waals surface area contributed by atoms with E-state index in [1.165, 1.54) is 18.4 Å². The van der Waals surface area contributed by atoms with Crippen LogP contribution in [0, 0.1) is 5.92 Å². The molecule has 8 heteroatoms. The zero-order valence-corrected chi connectivity index (χ0v) is 20.6. The van der Waals surface area contributed by atoms with Crippen LogP contribution < -0.4 is 5.32 Å². The van der Waals surface area contributed by atoms with Crippen LogP contribution in [0.15, 0.2) is 33.8 Å². The molecule has 0 unspecified atom stereocenters. The summed E-state index contributed by atoms with van der Waals surface area (Å²) in [5.74, 6) is 3.04. The number of halogens is 1. The van der Waals surface area contributed by atoms with E-state index in [0.29, 0.717) is 5.89 Å². The van der Waals surface area contributed by atoms with Crippen LogP contribution in [0.2, 0.25) is 0 Å². The molecule has 0 bridgehead atoms. The van der Waals surface area contributed by atoms with Gasteiger partial charge in [-0.05, 0) is 49.8 Å². The van der Waals surface area contributed by atoms with E-state index < -0.39 is 0 Å². The molecular weight excluding hydrogens is 493 g/mol. The van der Waals surface area contributed by atoms with Crippen molar-refractivity contribution in [2.24, 2.45) is 10.9 Å². The Morgan fingerprint density at radius 2 is 2.03 bits per heavy atom. The number of rotatable bonds is 11. The summed E-state index contributed by atoms with van der Waals surface area (Å²) >= 11 is 0. The zero-order valence-electron chi connectivity index (χ0n) is 18.3. The van der Waals surface area contributed by atoms with Gasteiger partial charge in [-0.15, -0.1) is 24.0 Å². The maximum absolute atomic E-state index is 5.74. The van der Waals surface area contributed by atoms with Crippen molar-refractivity contribution in [1.29, 1.82) is 0 Å². The maximum Gasteiger partial charge on any atom is 0.257 e. The Kier molecular flexibility index (Phi) is 10.6. The van der Waals surface area contributed by atoms with Crippen molar-refractivity contribution in [3.05, 3.63) is 35.7 Å². The van der Waals surface area contributed by atoms with Crippen LogP contribution in [0.3, 0.4) is 0 Å². The van der Waals surface area contributed by atoms with E-state index in [4.69, 9.17) is 14.3 Å². The molecule has 0 radical (unpaired) electrons. The van der Waals surface area contributed by atoms with Gasteiger partial charge in [0.2, 0.25) is 0 Å². The van der Waals surface area contributed by atoms with Crippen molar-refractivity contribution in [2.45, 2.75) is 39.5 Å². The van der Waals surface area contributed by atoms with E-state index in [1.54, 1.807) is 0 Å². The molecule has 1 heterocycles. The number of aryl methyl sites for hydroxylation is 1. The van der Waals surface area contributed by atoms with Gasteiger partial charge in [-0.1, -0.05) is 24.2 Å². The SMILES string of the molecule is CCNC(=NCCc1ccc(-c2nc(CC)no2)cc1)N(C)CCOCC1CC1.I. The monoisotopic (exact) mass is 527 g/mol. The van der Waals surface area contributed by atoms with E-state index >= 15 is 0 Å². The Hall–Kier alpha value is -1.68. The van der Waals surface area contributed by atoms with Crippen molar-refractivity contribution in [1.82, 2.24) is 20.4 Å². The number of hydrogen-bond acceptors (Lipinski definition) is 5. The topological polar surface area (TPSA) is 75.8 Å². The zero-order chi connectivity index (χ0) is 20.5. The molecular formula is C22H34IN5O2. The number of aliphatic imine (C=N–C) groups is 1. The summed E-state index contributed by atoms with van der Waals surface area (Å²) in [6.07, 6.45) is 4.31. The van der Waals surface area contributed by atoms with Gasteiger partial charge in [0, 0.05) is 45.3 Å². The van der Waals surface area contributed by atoms with Crippen molar-refractivity contribution in [3.63, 3.8) is 0 Å². The van der Waals surface area contributed by atoms with Gasteiger partial charge in [-0.25, -0.2) is 0 Å². The molecule has 3 rings (SSSR count). The van der Waals surface area contributed by atoms with Crippen molar-refractivity contribution >= 4 is 29.9 Å². The first kappa shape index (κ1) is 24.6. The molecule has 1 aromatic heterocycles. The third-order valence-corrected chi connectivity index (χ3v) is 4.97. The summed E-state index contributed by atoms with van der Waals surface area (Å²) in [5.41, 5.74) is 2.18. The van der Waals surface area contributed by atoms with Gasteiger partial charge in [0.05, 0.1) is 6.61 Å². The second-order valence-electron chi connectivity index (χ2n) is 7.49. The number of aromatic nitrogens is 2. The second kappa shape index (κ2) is 12.9. The van der Waals surface area contributed by atoms with Gasteiger partial charge in [0.15, 0.2) is 11.8 Å². The Balaban J connectivity index is 0.00000320. The van der Waals surface area contributed by atoms with Gasteiger partial charge in [-0.3, -0.25) is 4.99 Å². The smallest absolute Gasteiger partial charge is 0.257 e. The van der Waals surface area contributed by atoms with Gasteiger partial charge in [0.25, 0.3) is 5.89 Å². The fourth-order valence-electron chi connectivity index (χ4n) is 2.93. The summed E-state index contributed by atoms with van der Waals surface area (Å²) in [7, 11) is 2.06. The van der Waals surface area contributed by atoms with E-state index in [-0.39, 0.29) is 24.0 Å². The van der Waals surface area contributed by atoms with Crippen LogP contribution in [-0.4, -0.2) is 60.9 Å².